The lowest BCUT2D eigenvalue weighted by atomic mass is 10.0. The Morgan fingerprint density at radius 1 is 1.50 bits per heavy atom. The number of anilines is 1. The minimum Gasteiger partial charge on any atom is -0.396 e. The van der Waals surface area contributed by atoms with Gasteiger partial charge in [-0.2, -0.15) is 5.26 Å². The fourth-order valence-electron chi connectivity index (χ4n) is 1.81. The van der Waals surface area contributed by atoms with Crippen LogP contribution in [0.4, 0.5) is 10.1 Å². The fraction of sp³-hybridized carbons (Fsp3) is 0.500. The van der Waals surface area contributed by atoms with Gasteiger partial charge in [-0.1, -0.05) is 13.8 Å². The summed E-state index contributed by atoms with van der Waals surface area (Å²) >= 11 is 0. The number of aliphatic hydroxyl groups excluding tert-OH is 1. The van der Waals surface area contributed by atoms with Gasteiger partial charge < -0.3 is 10.4 Å². The van der Waals surface area contributed by atoms with E-state index in [0.29, 0.717) is 11.3 Å². The maximum Gasteiger partial charge on any atom is 0.147 e. The SMILES string of the molecule is CCC(CC(C)CO)Nc1ccc(C#N)cc1F. The van der Waals surface area contributed by atoms with E-state index in [0.717, 1.165) is 12.8 Å². The van der Waals surface area contributed by atoms with Gasteiger partial charge in [0, 0.05) is 12.6 Å². The molecule has 2 atom stereocenters. The van der Waals surface area contributed by atoms with Crippen LogP contribution < -0.4 is 5.32 Å². The Labute approximate surface area is 107 Å². The van der Waals surface area contributed by atoms with E-state index >= 15 is 0 Å². The molecule has 0 amide bonds. The van der Waals surface area contributed by atoms with E-state index in [2.05, 4.69) is 5.32 Å². The Bertz CT molecular complexity index is 428. The van der Waals surface area contributed by atoms with E-state index in [-0.39, 0.29) is 18.6 Å². The number of nitriles is 1. The van der Waals surface area contributed by atoms with Gasteiger partial charge in [-0.05, 0) is 37.0 Å². The van der Waals surface area contributed by atoms with Gasteiger partial charge in [-0.15, -0.1) is 0 Å². The Morgan fingerprint density at radius 2 is 2.22 bits per heavy atom. The van der Waals surface area contributed by atoms with Gasteiger partial charge in [-0.25, -0.2) is 4.39 Å². The van der Waals surface area contributed by atoms with Crippen LogP contribution in [0, 0.1) is 23.1 Å². The molecule has 3 nitrogen and oxygen atoms in total. The first-order chi connectivity index (χ1) is 8.60. The topological polar surface area (TPSA) is 56.0 Å². The highest BCUT2D eigenvalue weighted by Gasteiger charge is 2.13. The van der Waals surface area contributed by atoms with Gasteiger partial charge in [0.05, 0.1) is 17.3 Å². The molecule has 2 N–H and O–H groups in total. The number of nitrogens with zero attached hydrogens (tertiary/aromatic N) is 1. The van der Waals surface area contributed by atoms with E-state index in [1.165, 1.54) is 6.07 Å². The molecule has 0 aromatic heterocycles. The Morgan fingerprint density at radius 3 is 2.72 bits per heavy atom. The maximum absolute atomic E-state index is 13.7. The number of hydrogen-bond acceptors (Lipinski definition) is 3. The average molecular weight is 250 g/mol. The second-order valence-corrected chi connectivity index (χ2v) is 4.58. The van der Waals surface area contributed by atoms with Crippen molar-refractivity contribution in [3.05, 3.63) is 29.6 Å². The monoisotopic (exact) mass is 250 g/mol. The van der Waals surface area contributed by atoms with Crippen LogP contribution >= 0.6 is 0 Å². The molecule has 18 heavy (non-hydrogen) atoms. The molecule has 1 aromatic rings. The van der Waals surface area contributed by atoms with Crippen molar-refractivity contribution in [3.8, 4) is 6.07 Å². The van der Waals surface area contributed by atoms with Crippen molar-refractivity contribution in [3.63, 3.8) is 0 Å². The highest BCUT2D eigenvalue weighted by molar-refractivity contribution is 5.49. The third-order valence-electron chi connectivity index (χ3n) is 2.95. The van der Waals surface area contributed by atoms with Crippen LogP contribution in [-0.4, -0.2) is 17.8 Å². The lowest BCUT2D eigenvalue weighted by molar-refractivity contribution is 0.224. The smallest absolute Gasteiger partial charge is 0.147 e. The van der Waals surface area contributed by atoms with Gasteiger partial charge in [0.15, 0.2) is 0 Å². The minimum atomic E-state index is -0.413. The lowest BCUT2D eigenvalue weighted by Gasteiger charge is -2.21. The van der Waals surface area contributed by atoms with E-state index in [4.69, 9.17) is 10.4 Å². The summed E-state index contributed by atoms with van der Waals surface area (Å²) in [5, 5.41) is 20.8. The zero-order chi connectivity index (χ0) is 13.5. The molecule has 0 aliphatic heterocycles. The van der Waals surface area contributed by atoms with Crippen LogP contribution in [-0.2, 0) is 0 Å². The quantitative estimate of drug-likeness (QED) is 0.816. The number of aliphatic hydroxyl groups is 1. The standard InChI is InChI=1S/C14H19FN2O/c1-3-12(6-10(2)9-18)17-14-5-4-11(8-16)7-13(14)15/h4-5,7,10,12,17-18H,3,6,9H2,1-2H3. The molecule has 1 rings (SSSR count). The summed E-state index contributed by atoms with van der Waals surface area (Å²) in [6.45, 7) is 4.11. The predicted octanol–water partition coefficient (Wildman–Crippen LogP) is 2.91. The molecule has 4 heteroatoms. The highest BCUT2D eigenvalue weighted by Crippen LogP contribution is 2.19. The summed E-state index contributed by atoms with van der Waals surface area (Å²) in [5.74, 6) is -0.229. The molecule has 0 spiro atoms. The molecule has 0 saturated carbocycles. The number of nitrogens with one attached hydrogen (secondary N) is 1. The molecule has 98 valence electrons. The summed E-state index contributed by atoms with van der Waals surface area (Å²) in [5.41, 5.74) is 0.723. The number of benzene rings is 1. The van der Waals surface area contributed by atoms with Crippen molar-refractivity contribution in [2.24, 2.45) is 5.92 Å². The minimum absolute atomic E-state index is 0.120. The molecular formula is C14H19FN2O. The first-order valence-corrected chi connectivity index (χ1v) is 6.17. The first-order valence-electron chi connectivity index (χ1n) is 6.17. The van der Waals surface area contributed by atoms with Crippen molar-refractivity contribution in [2.75, 3.05) is 11.9 Å². The van der Waals surface area contributed by atoms with Crippen molar-refractivity contribution in [1.82, 2.24) is 0 Å². The molecule has 0 radical (unpaired) electrons. The zero-order valence-electron chi connectivity index (χ0n) is 10.8. The van der Waals surface area contributed by atoms with Crippen molar-refractivity contribution in [1.29, 1.82) is 5.26 Å². The van der Waals surface area contributed by atoms with E-state index in [9.17, 15) is 4.39 Å². The maximum atomic E-state index is 13.7. The number of rotatable bonds is 6. The van der Waals surface area contributed by atoms with Crippen LogP contribution in [0.2, 0.25) is 0 Å². The molecule has 0 bridgehead atoms. The molecule has 0 heterocycles. The molecule has 0 saturated heterocycles. The molecule has 0 aliphatic rings. The van der Waals surface area contributed by atoms with Crippen molar-refractivity contribution in [2.45, 2.75) is 32.7 Å². The summed E-state index contributed by atoms with van der Waals surface area (Å²) in [7, 11) is 0. The summed E-state index contributed by atoms with van der Waals surface area (Å²) in [4.78, 5) is 0. The Hall–Kier alpha value is -1.60. The summed E-state index contributed by atoms with van der Waals surface area (Å²) in [6, 6.07) is 6.42. The second kappa shape index (κ2) is 6.97. The van der Waals surface area contributed by atoms with Gasteiger partial charge in [0.2, 0.25) is 0 Å². The molecule has 2 unspecified atom stereocenters. The molecule has 0 aliphatic carbocycles. The van der Waals surface area contributed by atoms with Crippen molar-refractivity contribution >= 4 is 5.69 Å². The van der Waals surface area contributed by atoms with Crippen LogP contribution in [0.15, 0.2) is 18.2 Å². The third-order valence-corrected chi connectivity index (χ3v) is 2.95. The summed E-state index contributed by atoms with van der Waals surface area (Å²) in [6.07, 6.45) is 1.64. The zero-order valence-corrected chi connectivity index (χ0v) is 10.8. The van der Waals surface area contributed by atoms with Crippen molar-refractivity contribution < 1.29 is 9.50 Å². The molecule has 0 fully saturated rings. The Kier molecular flexibility index (Phi) is 5.60. The van der Waals surface area contributed by atoms with Crippen LogP contribution in [0.25, 0.3) is 0 Å². The number of hydrogen-bond donors (Lipinski definition) is 2. The van der Waals surface area contributed by atoms with Crippen LogP contribution in [0.1, 0.15) is 32.3 Å². The molecule has 1 aromatic carbocycles. The molecular weight excluding hydrogens is 231 g/mol. The summed E-state index contributed by atoms with van der Waals surface area (Å²) < 4.78 is 13.7. The van der Waals surface area contributed by atoms with Gasteiger partial charge in [-0.3, -0.25) is 0 Å². The third kappa shape index (κ3) is 4.01. The van der Waals surface area contributed by atoms with Crippen LogP contribution in [0.5, 0.6) is 0 Å². The second-order valence-electron chi connectivity index (χ2n) is 4.58. The van der Waals surface area contributed by atoms with Gasteiger partial charge in [0.25, 0.3) is 0 Å². The van der Waals surface area contributed by atoms with E-state index in [1.54, 1.807) is 12.1 Å². The highest BCUT2D eigenvalue weighted by atomic mass is 19.1. The largest absolute Gasteiger partial charge is 0.396 e. The number of halogens is 1. The normalized spacial score (nSPS) is 13.7. The van der Waals surface area contributed by atoms with E-state index < -0.39 is 5.82 Å². The lowest BCUT2D eigenvalue weighted by Crippen LogP contribution is -2.23. The van der Waals surface area contributed by atoms with Gasteiger partial charge in [0.1, 0.15) is 5.82 Å². The average Bonchev–Trinajstić information content (AvgIpc) is 2.39. The first kappa shape index (κ1) is 14.5. The van der Waals surface area contributed by atoms with Crippen LogP contribution in [0.3, 0.4) is 0 Å². The van der Waals surface area contributed by atoms with E-state index in [1.807, 2.05) is 19.9 Å². The van der Waals surface area contributed by atoms with Gasteiger partial charge >= 0.3 is 0 Å². The predicted molar refractivity (Wildman–Crippen MR) is 69.7 cm³/mol. The fourth-order valence-corrected chi connectivity index (χ4v) is 1.81. The Balaban J connectivity index is 2.73.